The van der Waals surface area contributed by atoms with E-state index >= 15 is 0 Å². The number of nitrogens with one attached hydrogen (secondary N) is 1. The van der Waals surface area contributed by atoms with Crippen molar-refractivity contribution in [3.05, 3.63) is 16.4 Å². The molecule has 21 heavy (non-hydrogen) atoms. The molecule has 0 unspecified atom stereocenters. The highest BCUT2D eigenvalue weighted by Crippen LogP contribution is 2.33. The van der Waals surface area contributed by atoms with Crippen LogP contribution in [-0.4, -0.2) is 45.7 Å². The van der Waals surface area contributed by atoms with Gasteiger partial charge >= 0.3 is 5.69 Å². The molecule has 8 heteroatoms. The Morgan fingerprint density at radius 3 is 2.52 bits per heavy atom. The van der Waals surface area contributed by atoms with E-state index in [4.69, 9.17) is 0 Å². The maximum Gasteiger partial charge on any atom is 0.353 e. The van der Waals surface area contributed by atoms with Gasteiger partial charge in [0, 0.05) is 19.1 Å². The van der Waals surface area contributed by atoms with Crippen LogP contribution in [0.25, 0.3) is 0 Å². The molecular formula is C13H23N5O3. The summed E-state index contributed by atoms with van der Waals surface area (Å²) >= 11 is 0. The van der Waals surface area contributed by atoms with Crippen LogP contribution in [0.1, 0.15) is 33.6 Å². The number of aliphatic hydroxyl groups excluding tert-OH is 1. The first kappa shape index (κ1) is 17.1. The molecule has 0 spiro atoms. The second kappa shape index (κ2) is 8.35. The molecule has 0 radical (unpaired) electrons. The van der Waals surface area contributed by atoms with Crippen molar-refractivity contribution in [3.63, 3.8) is 0 Å². The number of nitro groups is 1. The van der Waals surface area contributed by atoms with Crippen molar-refractivity contribution in [2.24, 2.45) is 0 Å². The van der Waals surface area contributed by atoms with Crippen LogP contribution >= 0.6 is 0 Å². The van der Waals surface area contributed by atoms with Crippen LogP contribution in [0.4, 0.5) is 17.3 Å². The van der Waals surface area contributed by atoms with Gasteiger partial charge in [-0.15, -0.1) is 0 Å². The van der Waals surface area contributed by atoms with Crippen molar-refractivity contribution >= 4 is 17.3 Å². The molecular weight excluding hydrogens is 274 g/mol. The van der Waals surface area contributed by atoms with Crippen molar-refractivity contribution in [2.45, 2.75) is 39.7 Å². The molecule has 0 amide bonds. The Morgan fingerprint density at radius 1 is 1.38 bits per heavy atom. The first-order valence-electron chi connectivity index (χ1n) is 7.21. The SMILES string of the molecule is CCNc1ncnc(N(CCO)C(CC)CC)c1[N+](=O)[O-]. The predicted octanol–water partition coefficient (Wildman–Crippen LogP) is 1.80. The molecule has 0 fully saturated rings. The maximum absolute atomic E-state index is 11.4. The summed E-state index contributed by atoms with van der Waals surface area (Å²) in [7, 11) is 0. The smallest absolute Gasteiger partial charge is 0.353 e. The third-order valence-electron chi connectivity index (χ3n) is 3.33. The molecule has 0 aliphatic carbocycles. The number of aliphatic hydroxyl groups is 1. The quantitative estimate of drug-likeness (QED) is 0.529. The number of rotatable bonds is 9. The molecule has 0 saturated carbocycles. The average Bonchev–Trinajstić information content (AvgIpc) is 2.47. The van der Waals surface area contributed by atoms with Crippen molar-refractivity contribution in [1.29, 1.82) is 0 Å². The Balaban J connectivity index is 3.35. The van der Waals surface area contributed by atoms with Crippen LogP contribution < -0.4 is 10.2 Å². The highest BCUT2D eigenvalue weighted by molar-refractivity contribution is 5.70. The summed E-state index contributed by atoms with van der Waals surface area (Å²) < 4.78 is 0. The highest BCUT2D eigenvalue weighted by atomic mass is 16.6. The van der Waals surface area contributed by atoms with Gasteiger partial charge in [-0.3, -0.25) is 10.1 Å². The average molecular weight is 297 g/mol. The van der Waals surface area contributed by atoms with E-state index < -0.39 is 4.92 Å². The van der Waals surface area contributed by atoms with Gasteiger partial charge < -0.3 is 15.3 Å². The topological polar surface area (TPSA) is 104 Å². The Bertz CT molecular complexity index is 465. The molecule has 0 bridgehead atoms. The van der Waals surface area contributed by atoms with Crippen molar-refractivity contribution in [1.82, 2.24) is 9.97 Å². The predicted molar refractivity (Wildman–Crippen MR) is 81.7 cm³/mol. The molecule has 0 aliphatic rings. The minimum atomic E-state index is -0.472. The Hall–Kier alpha value is -1.96. The van der Waals surface area contributed by atoms with E-state index in [1.807, 2.05) is 20.8 Å². The third kappa shape index (κ3) is 4.01. The Kier molecular flexibility index (Phi) is 6.80. The zero-order chi connectivity index (χ0) is 15.8. The van der Waals surface area contributed by atoms with Gasteiger partial charge in [0.15, 0.2) is 0 Å². The fourth-order valence-corrected chi connectivity index (χ4v) is 2.34. The summed E-state index contributed by atoms with van der Waals surface area (Å²) in [6.45, 7) is 6.61. The molecule has 8 nitrogen and oxygen atoms in total. The lowest BCUT2D eigenvalue weighted by molar-refractivity contribution is -0.383. The van der Waals surface area contributed by atoms with Crippen LogP contribution in [0.15, 0.2) is 6.33 Å². The van der Waals surface area contributed by atoms with Gasteiger partial charge in [-0.1, -0.05) is 13.8 Å². The van der Waals surface area contributed by atoms with E-state index in [-0.39, 0.29) is 30.0 Å². The van der Waals surface area contributed by atoms with E-state index in [2.05, 4.69) is 15.3 Å². The summed E-state index contributed by atoms with van der Waals surface area (Å²) in [5.41, 5.74) is -0.139. The van der Waals surface area contributed by atoms with Crippen molar-refractivity contribution in [3.8, 4) is 0 Å². The number of hydrogen-bond donors (Lipinski definition) is 2. The van der Waals surface area contributed by atoms with Crippen LogP contribution in [0.5, 0.6) is 0 Å². The highest BCUT2D eigenvalue weighted by Gasteiger charge is 2.29. The Morgan fingerprint density at radius 2 is 2.05 bits per heavy atom. The largest absolute Gasteiger partial charge is 0.395 e. The first-order chi connectivity index (χ1) is 10.1. The fourth-order valence-electron chi connectivity index (χ4n) is 2.34. The fraction of sp³-hybridized carbons (Fsp3) is 0.692. The van der Waals surface area contributed by atoms with E-state index in [1.165, 1.54) is 6.33 Å². The van der Waals surface area contributed by atoms with E-state index in [1.54, 1.807) is 4.90 Å². The minimum absolute atomic E-state index is 0.0835. The summed E-state index contributed by atoms with van der Waals surface area (Å²) in [5, 5.41) is 23.6. The molecule has 1 rings (SSSR count). The zero-order valence-corrected chi connectivity index (χ0v) is 12.7. The van der Waals surface area contributed by atoms with Gasteiger partial charge in [0.1, 0.15) is 6.33 Å². The van der Waals surface area contributed by atoms with Gasteiger partial charge in [-0.05, 0) is 19.8 Å². The minimum Gasteiger partial charge on any atom is -0.395 e. The van der Waals surface area contributed by atoms with Gasteiger partial charge in [-0.2, -0.15) is 0 Å². The Labute approximate surface area is 124 Å². The van der Waals surface area contributed by atoms with E-state index in [0.29, 0.717) is 13.1 Å². The van der Waals surface area contributed by atoms with Crippen LogP contribution in [0.3, 0.4) is 0 Å². The first-order valence-corrected chi connectivity index (χ1v) is 7.21. The standard InChI is InChI=1S/C13H23N5O3/c1-4-10(5-2)17(7-8-19)13-11(18(20)21)12(14-6-3)15-9-16-13/h9-10,19H,4-8H2,1-3H3,(H,14,15,16). The second-order valence-corrected chi connectivity index (χ2v) is 4.57. The molecule has 1 aromatic rings. The molecule has 0 aliphatic heterocycles. The van der Waals surface area contributed by atoms with E-state index in [9.17, 15) is 15.2 Å². The second-order valence-electron chi connectivity index (χ2n) is 4.57. The lowest BCUT2D eigenvalue weighted by atomic mass is 10.1. The van der Waals surface area contributed by atoms with Crippen molar-refractivity contribution < 1.29 is 10.0 Å². The summed E-state index contributed by atoms with van der Waals surface area (Å²) in [4.78, 5) is 20.8. The summed E-state index contributed by atoms with van der Waals surface area (Å²) in [5.74, 6) is 0.468. The van der Waals surface area contributed by atoms with Crippen molar-refractivity contribution in [2.75, 3.05) is 29.9 Å². The normalized spacial score (nSPS) is 10.7. The molecule has 1 heterocycles. The van der Waals surface area contributed by atoms with Crippen LogP contribution in [0.2, 0.25) is 0 Å². The lowest BCUT2D eigenvalue weighted by Crippen LogP contribution is -2.38. The molecule has 0 saturated heterocycles. The summed E-state index contributed by atoms with van der Waals surface area (Å²) in [6, 6.07) is 0.0835. The van der Waals surface area contributed by atoms with Crippen LogP contribution in [0, 0.1) is 10.1 Å². The number of anilines is 2. The van der Waals surface area contributed by atoms with Gasteiger partial charge in [0.25, 0.3) is 0 Å². The van der Waals surface area contributed by atoms with Crippen LogP contribution in [-0.2, 0) is 0 Å². The molecule has 118 valence electrons. The maximum atomic E-state index is 11.4. The van der Waals surface area contributed by atoms with Gasteiger partial charge in [-0.25, -0.2) is 9.97 Å². The van der Waals surface area contributed by atoms with E-state index in [0.717, 1.165) is 12.8 Å². The lowest BCUT2D eigenvalue weighted by Gasteiger charge is -2.30. The zero-order valence-electron chi connectivity index (χ0n) is 12.7. The summed E-state index contributed by atoms with van der Waals surface area (Å²) in [6.07, 6.45) is 2.94. The number of nitrogens with zero attached hydrogens (tertiary/aromatic N) is 4. The molecule has 0 atom stereocenters. The molecule has 2 N–H and O–H groups in total. The number of hydrogen-bond acceptors (Lipinski definition) is 7. The number of aromatic nitrogens is 2. The van der Waals surface area contributed by atoms with Gasteiger partial charge in [0.05, 0.1) is 11.5 Å². The monoisotopic (exact) mass is 297 g/mol. The third-order valence-corrected chi connectivity index (χ3v) is 3.33. The molecule has 0 aromatic carbocycles. The van der Waals surface area contributed by atoms with Gasteiger partial charge in [0.2, 0.25) is 11.6 Å². The molecule has 1 aromatic heterocycles.